The molecular weight excluding hydrogens is 344 g/mol. The number of carbonyl (C=O) groups is 1. The van der Waals surface area contributed by atoms with Gasteiger partial charge in [0.2, 0.25) is 0 Å². The van der Waals surface area contributed by atoms with Gasteiger partial charge in [-0.15, -0.1) is 11.3 Å². The molecule has 0 bridgehead atoms. The van der Waals surface area contributed by atoms with Crippen LogP contribution in [0, 0.1) is 12.8 Å². The molecule has 26 heavy (non-hydrogen) atoms. The van der Waals surface area contributed by atoms with Crippen molar-refractivity contribution in [2.24, 2.45) is 5.92 Å². The van der Waals surface area contributed by atoms with Gasteiger partial charge < -0.3 is 5.32 Å². The lowest BCUT2D eigenvalue weighted by Gasteiger charge is -2.07. The summed E-state index contributed by atoms with van der Waals surface area (Å²) in [5, 5.41) is 9.67. The van der Waals surface area contributed by atoms with Crippen molar-refractivity contribution in [3.63, 3.8) is 0 Å². The number of hydrogen-bond acceptors (Lipinski definition) is 4. The van der Waals surface area contributed by atoms with Gasteiger partial charge in [-0.3, -0.25) is 14.5 Å². The average molecular weight is 364 g/mol. The van der Waals surface area contributed by atoms with Gasteiger partial charge in [-0.1, -0.05) is 32.0 Å². The highest BCUT2D eigenvalue weighted by atomic mass is 32.1. The number of pyridine rings is 1. The van der Waals surface area contributed by atoms with E-state index in [1.807, 2.05) is 48.0 Å². The van der Waals surface area contributed by atoms with Crippen LogP contribution < -0.4 is 5.32 Å². The SMILES string of the molecule is Cc1nn(CC(C)C)c2sc(C(=O)Nc3cccc4cccnc34)cc12. The van der Waals surface area contributed by atoms with Gasteiger partial charge in [0, 0.05) is 23.5 Å². The topological polar surface area (TPSA) is 59.8 Å². The van der Waals surface area contributed by atoms with E-state index in [-0.39, 0.29) is 5.91 Å². The van der Waals surface area contributed by atoms with Crippen LogP contribution in [0.2, 0.25) is 0 Å². The summed E-state index contributed by atoms with van der Waals surface area (Å²) in [5.74, 6) is 0.387. The number of hydrogen-bond donors (Lipinski definition) is 1. The van der Waals surface area contributed by atoms with Crippen molar-refractivity contribution in [2.75, 3.05) is 5.32 Å². The summed E-state index contributed by atoms with van der Waals surface area (Å²) in [4.78, 5) is 18.9. The number of para-hydroxylation sites is 1. The molecule has 1 aromatic carbocycles. The standard InChI is InChI=1S/C20H20N4OS/c1-12(2)11-24-20-15(13(3)23-24)10-17(26-20)19(25)22-16-8-4-6-14-7-5-9-21-18(14)16/h4-10,12H,11H2,1-3H3,(H,22,25). The number of aromatic nitrogens is 3. The predicted octanol–water partition coefficient (Wildman–Crippen LogP) is 4.86. The van der Waals surface area contributed by atoms with Crippen LogP contribution >= 0.6 is 11.3 Å². The van der Waals surface area contributed by atoms with Crippen molar-refractivity contribution >= 4 is 44.1 Å². The molecule has 0 aliphatic rings. The Labute approximate surface area is 155 Å². The third-order valence-corrected chi connectivity index (χ3v) is 5.40. The first kappa shape index (κ1) is 16.7. The Morgan fingerprint density at radius 3 is 2.88 bits per heavy atom. The number of carbonyl (C=O) groups excluding carboxylic acids is 1. The molecule has 3 heterocycles. The highest BCUT2D eigenvalue weighted by molar-refractivity contribution is 7.20. The monoisotopic (exact) mass is 364 g/mol. The second kappa shape index (κ2) is 6.53. The molecule has 0 unspecified atom stereocenters. The van der Waals surface area contributed by atoms with E-state index in [1.165, 1.54) is 11.3 Å². The number of amides is 1. The van der Waals surface area contributed by atoms with Gasteiger partial charge in [-0.05, 0) is 31.0 Å². The molecule has 0 atom stereocenters. The second-order valence-electron chi connectivity index (χ2n) is 6.83. The van der Waals surface area contributed by atoms with E-state index in [0.717, 1.165) is 39.0 Å². The van der Waals surface area contributed by atoms with E-state index >= 15 is 0 Å². The summed E-state index contributed by atoms with van der Waals surface area (Å²) in [6, 6.07) is 11.6. The number of rotatable bonds is 4. The number of aryl methyl sites for hydroxylation is 1. The molecule has 0 aliphatic heterocycles. The third kappa shape index (κ3) is 2.97. The van der Waals surface area contributed by atoms with Gasteiger partial charge in [0.1, 0.15) is 4.83 Å². The predicted molar refractivity (Wildman–Crippen MR) is 107 cm³/mol. The molecule has 0 fully saturated rings. The summed E-state index contributed by atoms with van der Waals surface area (Å²) in [7, 11) is 0. The Morgan fingerprint density at radius 1 is 1.27 bits per heavy atom. The lowest BCUT2D eigenvalue weighted by atomic mass is 10.2. The van der Waals surface area contributed by atoms with E-state index in [9.17, 15) is 4.79 Å². The van der Waals surface area contributed by atoms with Crippen LogP contribution in [0.3, 0.4) is 0 Å². The first-order valence-corrected chi connectivity index (χ1v) is 9.46. The van der Waals surface area contributed by atoms with Crippen molar-refractivity contribution < 1.29 is 4.79 Å². The number of anilines is 1. The largest absolute Gasteiger partial charge is 0.319 e. The van der Waals surface area contributed by atoms with Gasteiger partial charge in [-0.25, -0.2) is 0 Å². The lowest BCUT2D eigenvalue weighted by molar-refractivity contribution is 0.103. The molecule has 0 saturated carbocycles. The molecule has 5 nitrogen and oxygen atoms in total. The summed E-state index contributed by atoms with van der Waals surface area (Å²) in [6.07, 6.45) is 1.74. The van der Waals surface area contributed by atoms with Crippen LogP contribution in [0.25, 0.3) is 21.1 Å². The number of nitrogens with zero attached hydrogens (tertiary/aromatic N) is 3. The van der Waals surface area contributed by atoms with Gasteiger partial charge in [-0.2, -0.15) is 5.10 Å². The zero-order valence-corrected chi connectivity index (χ0v) is 15.8. The smallest absolute Gasteiger partial charge is 0.265 e. The summed E-state index contributed by atoms with van der Waals surface area (Å²) in [5.41, 5.74) is 2.49. The van der Waals surface area contributed by atoms with Gasteiger partial charge >= 0.3 is 0 Å². The Hall–Kier alpha value is -2.73. The molecule has 3 aromatic heterocycles. The molecule has 0 spiro atoms. The number of benzene rings is 1. The third-order valence-electron chi connectivity index (χ3n) is 4.25. The van der Waals surface area contributed by atoms with Crippen LogP contribution in [0.1, 0.15) is 29.2 Å². The molecule has 6 heteroatoms. The van der Waals surface area contributed by atoms with E-state index in [1.54, 1.807) is 6.20 Å². The minimum absolute atomic E-state index is 0.111. The first-order valence-electron chi connectivity index (χ1n) is 8.65. The van der Waals surface area contributed by atoms with Gasteiger partial charge in [0.25, 0.3) is 5.91 Å². The van der Waals surface area contributed by atoms with Crippen LogP contribution in [-0.4, -0.2) is 20.7 Å². The lowest BCUT2D eigenvalue weighted by Crippen LogP contribution is -2.11. The Morgan fingerprint density at radius 2 is 2.08 bits per heavy atom. The van der Waals surface area contributed by atoms with Crippen LogP contribution in [0.15, 0.2) is 42.6 Å². The zero-order chi connectivity index (χ0) is 18.3. The highest BCUT2D eigenvalue weighted by Crippen LogP contribution is 2.30. The van der Waals surface area contributed by atoms with Crippen LogP contribution in [-0.2, 0) is 6.54 Å². The molecule has 132 valence electrons. The molecule has 1 amide bonds. The van der Waals surface area contributed by atoms with E-state index < -0.39 is 0 Å². The minimum Gasteiger partial charge on any atom is -0.319 e. The van der Waals surface area contributed by atoms with Crippen molar-refractivity contribution in [3.05, 3.63) is 53.2 Å². The van der Waals surface area contributed by atoms with E-state index in [0.29, 0.717) is 10.8 Å². The van der Waals surface area contributed by atoms with E-state index in [2.05, 4.69) is 29.2 Å². The van der Waals surface area contributed by atoms with E-state index in [4.69, 9.17) is 0 Å². The minimum atomic E-state index is -0.111. The van der Waals surface area contributed by atoms with Gasteiger partial charge in [0.15, 0.2) is 0 Å². The van der Waals surface area contributed by atoms with Crippen LogP contribution in [0.4, 0.5) is 5.69 Å². The number of thiophene rings is 1. The highest BCUT2D eigenvalue weighted by Gasteiger charge is 2.17. The maximum atomic E-state index is 12.8. The zero-order valence-electron chi connectivity index (χ0n) is 15.0. The summed E-state index contributed by atoms with van der Waals surface area (Å²) in [6.45, 7) is 7.16. The number of nitrogens with one attached hydrogen (secondary N) is 1. The Kier molecular flexibility index (Phi) is 4.20. The Bertz CT molecular complexity index is 1100. The maximum absolute atomic E-state index is 12.8. The summed E-state index contributed by atoms with van der Waals surface area (Å²) >= 11 is 1.49. The fourth-order valence-electron chi connectivity index (χ4n) is 3.08. The van der Waals surface area contributed by atoms with Crippen molar-refractivity contribution in [1.29, 1.82) is 0 Å². The van der Waals surface area contributed by atoms with Crippen LogP contribution in [0.5, 0.6) is 0 Å². The normalized spacial score (nSPS) is 11.5. The van der Waals surface area contributed by atoms with Crippen molar-refractivity contribution in [3.8, 4) is 0 Å². The first-order chi connectivity index (χ1) is 12.5. The molecule has 4 rings (SSSR count). The molecule has 0 saturated heterocycles. The van der Waals surface area contributed by atoms with Crippen molar-refractivity contribution in [1.82, 2.24) is 14.8 Å². The number of fused-ring (bicyclic) bond motifs is 2. The maximum Gasteiger partial charge on any atom is 0.265 e. The molecule has 4 aromatic rings. The molecule has 0 radical (unpaired) electrons. The average Bonchev–Trinajstić information content (AvgIpc) is 3.17. The van der Waals surface area contributed by atoms with Gasteiger partial charge in [0.05, 0.1) is 21.8 Å². The fraction of sp³-hybridized carbons (Fsp3) is 0.250. The molecule has 1 N–H and O–H groups in total. The fourth-order valence-corrected chi connectivity index (χ4v) is 4.15. The second-order valence-corrected chi connectivity index (χ2v) is 7.86. The Balaban J connectivity index is 1.68. The molecule has 0 aliphatic carbocycles. The van der Waals surface area contributed by atoms with Crippen molar-refractivity contribution in [2.45, 2.75) is 27.3 Å². The summed E-state index contributed by atoms with van der Waals surface area (Å²) < 4.78 is 2.01. The quantitative estimate of drug-likeness (QED) is 0.562. The molecular formula is C20H20N4OS.